The van der Waals surface area contributed by atoms with Gasteiger partial charge in [-0.15, -0.1) is 11.3 Å². The third-order valence-electron chi connectivity index (χ3n) is 5.40. The van der Waals surface area contributed by atoms with Crippen LogP contribution in [0.4, 0.5) is 4.39 Å². The van der Waals surface area contributed by atoms with Crippen LogP contribution in [0.5, 0.6) is 0 Å². The molecule has 2 heterocycles. The van der Waals surface area contributed by atoms with Crippen molar-refractivity contribution in [3.63, 3.8) is 0 Å². The van der Waals surface area contributed by atoms with E-state index in [-0.39, 0.29) is 12.4 Å². The SMILES string of the molecule is CC(=O)OC[C@H]1O[C@@H](c2ccc(F)c(Cc3cc4ccccc4s3)c2)C(O)[C@@H](O)C1O. The summed E-state index contributed by atoms with van der Waals surface area (Å²) in [4.78, 5) is 12.1. The first-order valence-electron chi connectivity index (χ1n) is 9.92. The van der Waals surface area contributed by atoms with Crippen molar-refractivity contribution >= 4 is 27.4 Å². The lowest BCUT2D eigenvalue weighted by molar-refractivity contribution is -0.234. The topological polar surface area (TPSA) is 96.2 Å². The van der Waals surface area contributed by atoms with Gasteiger partial charge in [0, 0.05) is 22.9 Å². The summed E-state index contributed by atoms with van der Waals surface area (Å²) in [5, 5.41) is 32.0. The first-order valence-corrected chi connectivity index (χ1v) is 10.7. The van der Waals surface area contributed by atoms with E-state index >= 15 is 0 Å². The summed E-state index contributed by atoms with van der Waals surface area (Å²) in [5.74, 6) is -0.941. The van der Waals surface area contributed by atoms with Crippen molar-refractivity contribution in [3.8, 4) is 0 Å². The van der Waals surface area contributed by atoms with Gasteiger partial charge < -0.3 is 24.8 Å². The Labute approximate surface area is 182 Å². The van der Waals surface area contributed by atoms with Gasteiger partial charge in [-0.05, 0) is 40.8 Å². The van der Waals surface area contributed by atoms with Crippen molar-refractivity contribution in [3.05, 3.63) is 70.4 Å². The molecule has 3 N–H and O–H groups in total. The second-order valence-corrected chi connectivity index (χ2v) is 8.82. The number of ether oxygens (including phenoxy) is 2. The van der Waals surface area contributed by atoms with Crippen LogP contribution in [0.2, 0.25) is 0 Å². The second kappa shape index (κ2) is 9.02. The Morgan fingerprint density at radius 1 is 1.10 bits per heavy atom. The molecule has 2 unspecified atom stereocenters. The number of esters is 1. The normalized spacial score (nSPS) is 26.2. The zero-order valence-corrected chi connectivity index (χ0v) is 17.6. The summed E-state index contributed by atoms with van der Waals surface area (Å²) < 4.78 is 26.3. The summed E-state index contributed by atoms with van der Waals surface area (Å²) in [6, 6.07) is 14.3. The minimum atomic E-state index is -1.50. The molecule has 0 radical (unpaired) electrons. The number of carbonyl (C=O) groups is 1. The number of rotatable bonds is 5. The number of hydrogen-bond acceptors (Lipinski definition) is 7. The lowest BCUT2D eigenvalue weighted by Crippen LogP contribution is -2.55. The number of benzene rings is 2. The molecule has 1 saturated heterocycles. The molecular weight excluding hydrogens is 423 g/mol. The maximum atomic E-state index is 14.6. The van der Waals surface area contributed by atoms with E-state index in [1.54, 1.807) is 17.4 Å². The molecular formula is C23H23FO6S. The van der Waals surface area contributed by atoms with Gasteiger partial charge in [0.1, 0.15) is 42.9 Å². The summed E-state index contributed by atoms with van der Waals surface area (Å²) >= 11 is 1.58. The highest BCUT2D eigenvalue weighted by Crippen LogP contribution is 2.34. The first-order chi connectivity index (χ1) is 14.8. The van der Waals surface area contributed by atoms with Crippen LogP contribution in [0.1, 0.15) is 29.0 Å². The molecule has 0 saturated carbocycles. The van der Waals surface area contributed by atoms with E-state index in [1.165, 1.54) is 19.1 Å². The zero-order chi connectivity index (χ0) is 22.1. The molecule has 2 aromatic carbocycles. The molecule has 1 aliphatic heterocycles. The van der Waals surface area contributed by atoms with Gasteiger partial charge in [-0.3, -0.25) is 4.79 Å². The molecule has 164 valence electrons. The van der Waals surface area contributed by atoms with Gasteiger partial charge in [-0.2, -0.15) is 0 Å². The van der Waals surface area contributed by atoms with E-state index in [2.05, 4.69) is 0 Å². The van der Waals surface area contributed by atoms with Crippen LogP contribution in [0.15, 0.2) is 48.5 Å². The fourth-order valence-corrected chi connectivity index (χ4v) is 4.87. The summed E-state index contributed by atoms with van der Waals surface area (Å²) in [7, 11) is 0. The van der Waals surface area contributed by atoms with Crippen molar-refractivity contribution in [2.75, 3.05) is 6.61 Å². The van der Waals surface area contributed by atoms with Gasteiger partial charge in [0.25, 0.3) is 0 Å². The van der Waals surface area contributed by atoms with Gasteiger partial charge >= 0.3 is 5.97 Å². The fourth-order valence-electron chi connectivity index (χ4n) is 3.78. The molecule has 1 aliphatic rings. The molecule has 1 fully saturated rings. The van der Waals surface area contributed by atoms with E-state index in [1.807, 2.05) is 30.3 Å². The quantitative estimate of drug-likeness (QED) is 0.522. The van der Waals surface area contributed by atoms with Crippen LogP contribution < -0.4 is 0 Å². The van der Waals surface area contributed by atoms with E-state index in [4.69, 9.17) is 9.47 Å². The standard InChI is InChI=1S/C23H23FO6S/c1-12(25)29-11-18-20(26)21(27)22(28)23(30-18)14-6-7-17(24)15(8-14)10-16-9-13-4-2-3-5-19(13)31-16/h2-9,18,20-23,26-28H,10-11H2,1H3/t18-,20?,21+,22?,23+/m1/s1. The molecule has 4 rings (SSSR count). The summed E-state index contributed by atoms with van der Waals surface area (Å²) in [6.45, 7) is 0.949. The molecule has 1 aromatic heterocycles. The smallest absolute Gasteiger partial charge is 0.302 e. The number of fused-ring (bicyclic) bond motifs is 1. The number of hydrogen-bond donors (Lipinski definition) is 3. The van der Waals surface area contributed by atoms with Gasteiger partial charge in [-0.1, -0.05) is 24.3 Å². The minimum absolute atomic E-state index is 0.271. The maximum Gasteiger partial charge on any atom is 0.302 e. The predicted octanol–water partition coefficient (Wildman–Crippen LogP) is 2.72. The Morgan fingerprint density at radius 3 is 2.61 bits per heavy atom. The van der Waals surface area contributed by atoms with E-state index in [0.29, 0.717) is 17.5 Å². The number of thiophene rings is 1. The number of aliphatic hydroxyl groups excluding tert-OH is 3. The van der Waals surface area contributed by atoms with Crippen molar-refractivity contribution in [2.45, 2.75) is 43.9 Å². The highest BCUT2D eigenvalue weighted by Gasteiger charge is 2.44. The van der Waals surface area contributed by atoms with Crippen molar-refractivity contribution < 1.29 is 34.0 Å². The molecule has 0 spiro atoms. The molecule has 31 heavy (non-hydrogen) atoms. The largest absolute Gasteiger partial charge is 0.463 e. The van der Waals surface area contributed by atoms with Crippen LogP contribution in [0, 0.1) is 5.82 Å². The lowest BCUT2D eigenvalue weighted by Gasteiger charge is -2.40. The van der Waals surface area contributed by atoms with Gasteiger partial charge in [-0.25, -0.2) is 4.39 Å². The molecule has 3 aromatic rings. The Bertz CT molecular complexity index is 1050. The van der Waals surface area contributed by atoms with Crippen molar-refractivity contribution in [1.82, 2.24) is 0 Å². The number of aliphatic hydroxyl groups is 3. The third kappa shape index (κ3) is 4.63. The van der Waals surface area contributed by atoms with E-state index < -0.39 is 36.5 Å². The van der Waals surface area contributed by atoms with Crippen LogP contribution in [0.25, 0.3) is 10.1 Å². The van der Waals surface area contributed by atoms with Gasteiger partial charge in [0.2, 0.25) is 0 Å². The Hall–Kier alpha value is -2.36. The highest BCUT2D eigenvalue weighted by molar-refractivity contribution is 7.19. The molecule has 6 nitrogen and oxygen atoms in total. The molecule has 8 heteroatoms. The van der Waals surface area contributed by atoms with Crippen LogP contribution in [0.3, 0.4) is 0 Å². The summed E-state index contributed by atoms with van der Waals surface area (Å²) in [6.07, 6.45) is -6.03. The van der Waals surface area contributed by atoms with Gasteiger partial charge in [0.05, 0.1) is 0 Å². The van der Waals surface area contributed by atoms with E-state index in [0.717, 1.165) is 15.0 Å². The lowest BCUT2D eigenvalue weighted by atomic mass is 9.90. The van der Waals surface area contributed by atoms with Crippen molar-refractivity contribution in [2.24, 2.45) is 0 Å². The third-order valence-corrected chi connectivity index (χ3v) is 6.52. The first kappa shape index (κ1) is 21.9. The van der Waals surface area contributed by atoms with Crippen LogP contribution in [-0.2, 0) is 20.7 Å². The fraction of sp³-hybridized carbons (Fsp3) is 0.348. The maximum absolute atomic E-state index is 14.6. The molecule has 0 amide bonds. The molecule has 0 bridgehead atoms. The highest BCUT2D eigenvalue weighted by atomic mass is 32.1. The second-order valence-electron chi connectivity index (χ2n) is 7.65. The van der Waals surface area contributed by atoms with Crippen LogP contribution in [-0.4, -0.2) is 52.3 Å². The summed E-state index contributed by atoms with van der Waals surface area (Å²) in [5.41, 5.74) is 0.890. The van der Waals surface area contributed by atoms with Crippen LogP contribution >= 0.6 is 11.3 Å². The Kier molecular flexibility index (Phi) is 6.36. The van der Waals surface area contributed by atoms with E-state index in [9.17, 15) is 24.5 Å². The average molecular weight is 446 g/mol. The van der Waals surface area contributed by atoms with Gasteiger partial charge in [0.15, 0.2) is 0 Å². The molecule has 0 aliphatic carbocycles. The Morgan fingerprint density at radius 2 is 1.87 bits per heavy atom. The molecule has 5 atom stereocenters. The number of carbonyl (C=O) groups excluding carboxylic acids is 1. The average Bonchev–Trinajstić information content (AvgIpc) is 3.15. The van der Waals surface area contributed by atoms with Crippen molar-refractivity contribution in [1.29, 1.82) is 0 Å². The predicted molar refractivity (Wildman–Crippen MR) is 113 cm³/mol. The zero-order valence-electron chi connectivity index (χ0n) is 16.8. The minimum Gasteiger partial charge on any atom is -0.463 e. The number of halogens is 1. The monoisotopic (exact) mass is 446 g/mol. The Balaban J connectivity index is 1.59.